The van der Waals surface area contributed by atoms with Gasteiger partial charge in [0.2, 0.25) is 0 Å². The van der Waals surface area contributed by atoms with Gasteiger partial charge in [-0.15, -0.1) is 0 Å². The maximum Gasteiger partial charge on any atom is 0.165 e. The standard InChI is InChI=1S/C25H37FN2O/c1-3-5-7-9-10-12-14-21-19-27-25(28-20-21)22-15-16-24(23(26)18-22)29-17-13-11-8-6-4-2/h15-16,18-20H,3-14,17H2,1-2H3. The molecule has 1 aromatic carbocycles. The Morgan fingerprint density at radius 2 is 1.41 bits per heavy atom. The molecule has 29 heavy (non-hydrogen) atoms. The van der Waals surface area contributed by atoms with Crippen molar-refractivity contribution in [3.63, 3.8) is 0 Å². The molecule has 1 aromatic heterocycles. The van der Waals surface area contributed by atoms with Crippen molar-refractivity contribution in [3.05, 3.63) is 42.0 Å². The lowest BCUT2D eigenvalue weighted by molar-refractivity contribution is 0.290. The van der Waals surface area contributed by atoms with Crippen molar-refractivity contribution >= 4 is 0 Å². The molecule has 4 heteroatoms. The largest absolute Gasteiger partial charge is 0.491 e. The molecule has 0 aliphatic heterocycles. The number of halogens is 1. The first-order valence-corrected chi connectivity index (χ1v) is 11.5. The van der Waals surface area contributed by atoms with Crippen molar-refractivity contribution in [2.75, 3.05) is 6.61 Å². The lowest BCUT2D eigenvalue weighted by Crippen LogP contribution is -2.00. The van der Waals surface area contributed by atoms with E-state index >= 15 is 0 Å². The van der Waals surface area contributed by atoms with E-state index in [0.29, 0.717) is 23.7 Å². The van der Waals surface area contributed by atoms with Crippen LogP contribution in [-0.2, 0) is 6.42 Å². The van der Waals surface area contributed by atoms with Gasteiger partial charge in [-0.3, -0.25) is 0 Å². The highest BCUT2D eigenvalue weighted by atomic mass is 19.1. The van der Waals surface area contributed by atoms with Crippen molar-refractivity contribution in [2.45, 2.75) is 90.9 Å². The molecule has 0 spiro atoms. The summed E-state index contributed by atoms with van der Waals surface area (Å²) < 4.78 is 19.9. The van der Waals surface area contributed by atoms with Crippen LogP contribution in [0, 0.1) is 5.82 Å². The van der Waals surface area contributed by atoms with Crippen LogP contribution < -0.4 is 4.74 Å². The average molecular weight is 401 g/mol. The quantitative estimate of drug-likeness (QED) is 0.290. The van der Waals surface area contributed by atoms with Crippen LogP contribution in [0.1, 0.15) is 90.0 Å². The van der Waals surface area contributed by atoms with Crippen LogP contribution in [0.2, 0.25) is 0 Å². The van der Waals surface area contributed by atoms with Gasteiger partial charge in [-0.1, -0.05) is 71.6 Å². The second-order valence-electron chi connectivity index (χ2n) is 7.84. The molecular formula is C25H37FN2O. The number of aromatic nitrogens is 2. The highest BCUT2D eigenvalue weighted by Crippen LogP contribution is 2.24. The lowest BCUT2D eigenvalue weighted by atomic mass is 10.1. The summed E-state index contributed by atoms with van der Waals surface area (Å²) in [5.74, 6) is 0.515. The molecule has 0 aliphatic carbocycles. The Morgan fingerprint density at radius 1 is 0.793 bits per heavy atom. The van der Waals surface area contributed by atoms with Crippen molar-refractivity contribution in [1.82, 2.24) is 9.97 Å². The predicted octanol–water partition coefficient (Wildman–Crippen LogP) is 7.53. The van der Waals surface area contributed by atoms with E-state index in [9.17, 15) is 4.39 Å². The van der Waals surface area contributed by atoms with E-state index in [2.05, 4.69) is 23.8 Å². The van der Waals surface area contributed by atoms with Crippen LogP contribution in [0.3, 0.4) is 0 Å². The number of benzene rings is 1. The summed E-state index contributed by atoms with van der Waals surface area (Å²) in [5, 5.41) is 0. The second kappa shape index (κ2) is 14.1. The zero-order valence-corrected chi connectivity index (χ0v) is 18.3. The second-order valence-corrected chi connectivity index (χ2v) is 7.84. The van der Waals surface area contributed by atoms with Gasteiger partial charge in [0.15, 0.2) is 17.4 Å². The normalized spacial score (nSPS) is 11.0. The molecule has 160 valence electrons. The van der Waals surface area contributed by atoms with E-state index in [0.717, 1.165) is 24.8 Å². The van der Waals surface area contributed by atoms with Crippen molar-refractivity contribution in [1.29, 1.82) is 0 Å². The van der Waals surface area contributed by atoms with Gasteiger partial charge in [0.05, 0.1) is 6.61 Å². The van der Waals surface area contributed by atoms with Gasteiger partial charge in [-0.05, 0) is 43.0 Å². The lowest BCUT2D eigenvalue weighted by Gasteiger charge is -2.09. The maximum atomic E-state index is 14.4. The summed E-state index contributed by atoms with van der Waals surface area (Å²) in [6, 6.07) is 4.98. The number of hydrogen-bond acceptors (Lipinski definition) is 3. The Hall–Kier alpha value is -1.97. The van der Waals surface area contributed by atoms with Gasteiger partial charge in [0.25, 0.3) is 0 Å². The van der Waals surface area contributed by atoms with Gasteiger partial charge in [0.1, 0.15) is 0 Å². The minimum atomic E-state index is -0.351. The summed E-state index contributed by atoms with van der Waals surface area (Å²) in [6.45, 7) is 4.99. The van der Waals surface area contributed by atoms with E-state index in [1.54, 1.807) is 6.07 Å². The molecular weight excluding hydrogens is 363 g/mol. The fourth-order valence-electron chi connectivity index (χ4n) is 3.39. The average Bonchev–Trinajstić information content (AvgIpc) is 2.74. The molecule has 0 radical (unpaired) electrons. The van der Waals surface area contributed by atoms with E-state index in [-0.39, 0.29) is 5.82 Å². The minimum Gasteiger partial charge on any atom is -0.491 e. The molecule has 0 bridgehead atoms. The Morgan fingerprint density at radius 3 is 2.07 bits per heavy atom. The first-order chi connectivity index (χ1) is 14.2. The summed E-state index contributed by atoms with van der Waals surface area (Å²) >= 11 is 0. The molecule has 2 aromatic rings. The predicted molar refractivity (Wildman–Crippen MR) is 119 cm³/mol. The van der Waals surface area contributed by atoms with Gasteiger partial charge in [0, 0.05) is 18.0 Å². The topological polar surface area (TPSA) is 35.0 Å². The SMILES string of the molecule is CCCCCCCCc1cnc(-c2ccc(OCCCCCCC)c(F)c2)nc1. The van der Waals surface area contributed by atoms with Crippen LogP contribution in [0.25, 0.3) is 11.4 Å². The molecule has 3 nitrogen and oxygen atoms in total. The Labute approximate surface area is 176 Å². The van der Waals surface area contributed by atoms with Gasteiger partial charge < -0.3 is 4.74 Å². The summed E-state index contributed by atoms with van der Waals surface area (Å²) in [6.07, 6.45) is 18.2. The number of ether oxygens (including phenoxy) is 1. The van der Waals surface area contributed by atoms with Crippen LogP contribution in [0.5, 0.6) is 5.75 Å². The Kier molecular flexibility index (Phi) is 11.3. The van der Waals surface area contributed by atoms with Crippen molar-refractivity contribution in [2.24, 2.45) is 0 Å². The van der Waals surface area contributed by atoms with E-state index in [1.807, 2.05) is 18.5 Å². The zero-order valence-electron chi connectivity index (χ0n) is 18.3. The first kappa shape index (κ1) is 23.3. The maximum absolute atomic E-state index is 14.4. The number of aryl methyl sites for hydroxylation is 1. The van der Waals surface area contributed by atoms with E-state index < -0.39 is 0 Å². The molecule has 0 amide bonds. The number of hydrogen-bond donors (Lipinski definition) is 0. The molecule has 0 saturated carbocycles. The van der Waals surface area contributed by atoms with Crippen LogP contribution in [0.4, 0.5) is 4.39 Å². The fourth-order valence-corrected chi connectivity index (χ4v) is 3.39. The molecule has 0 aliphatic rings. The fraction of sp³-hybridized carbons (Fsp3) is 0.600. The Balaban J connectivity index is 1.78. The molecule has 0 saturated heterocycles. The molecule has 0 fully saturated rings. The zero-order chi connectivity index (χ0) is 20.7. The smallest absolute Gasteiger partial charge is 0.165 e. The minimum absolute atomic E-state index is 0.309. The number of unbranched alkanes of at least 4 members (excludes halogenated alkanes) is 9. The molecule has 2 rings (SSSR count). The van der Waals surface area contributed by atoms with Crippen LogP contribution in [-0.4, -0.2) is 16.6 Å². The monoisotopic (exact) mass is 400 g/mol. The molecule has 0 N–H and O–H groups in total. The third-order valence-electron chi connectivity index (χ3n) is 5.22. The van der Waals surface area contributed by atoms with Crippen molar-refractivity contribution in [3.8, 4) is 17.1 Å². The van der Waals surface area contributed by atoms with Crippen LogP contribution in [0.15, 0.2) is 30.6 Å². The highest BCUT2D eigenvalue weighted by molar-refractivity contribution is 5.56. The van der Waals surface area contributed by atoms with E-state index in [4.69, 9.17) is 4.74 Å². The van der Waals surface area contributed by atoms with Crippen molar-refractivity contribution < 1.29 is 9.13 Å². The van der Waals surface area contributed by atoms with Gasteiger partial charge in [-0.2, -0.15) is 0 Å². The molecule has 1 heterocycles. The summed E-state index contributed by atoms with van der Waals surface area (Å²) in [4.78, 5) is 8.87. The number of rotatable bonds is 15. The van der Waals surface area contributed by atoms with E-state index in [1.165, 1.54) is 63.9 Å². The van der Waals surface area contributed by atoms with Crippen LogP contribution >= 0.6 is 0 Å². The van der Waals surface area contributed by atoms with Gasteiger partial charge in [-0.25, -0.2) is 14.4 Å². The number of nitrogens with zero attached hydrogens (tertiary/aromatic N) is 2. The third-order valence-corrected chi connectivity index (χ3v) is 5.22. The summed E-state index contributed by atoms with van der Waals surface area (Å²) in [7, 11) is 0. The highest BCUT2D eigenvalue weighted by Gasteiger charge is 2.08. The molecule has 0 unspecified atom stereocenters. The first-order valence-electron chi connectivity index (χ1n) is 11.5. The summed E-state index contributed by atoms with van der Waals surface area (Å²) in [5.41, 5.74) is 1.83. The Bertz CT molecular complexity index is 688. The molecule has 0 atom stereocenters. The van der Waals surface area contributed by atoms with Gasteiger partial charge >= 0.3 is 0 Å². The third kappa shape index (κ3) is 8.93.